The van der Waals surface area contributed by atoms with Crippen molar-refractivity contribution in [3.05, 3.63) is 30.1 Å². The predicted octanol–water partition coefficient (Wildman–Crippen LogP) is 2.87. The second kappa shape index (κ2) is 8.73. The van der Waals surface area contributed by atoms with Crippen LogP contribution in [0, 0.1) is 0 Å². The Kier molecular flexibility index (Phi) is 6.28. The van der Waals surface area contributed by atoms with Crippen molar-refractivity contribution in [1.82, 2.24) is 14.3 Å². The number of amides is 1. The number of ether oxygens (including phenoxy) is 2. The summed E-state index contributed by atoms with van der Waals surface area (Å²) in [7, 11) is 1.61. The Labute approximate surface area is 176 Å². The van der Waals surface area contributed by atoms with Gasteiger partial charge in [-0.25, -0.2) is 9.78 Å². The van der Waals surface area contributed by atoms with Crippen molar-refractivity contribution in [2.24, 2.45) is 15.9 Å². The van der Waals surface area contributed by atoms with Crippen LogP contribution in [0.4, 0.5) is 4.79 Å². The number of carbonyl (C=O) groups excluding carboxylic acids is 1. The van der Waals surface area contributed by atoms with Crippen molar-refractivity contribution in [1.29, 1.82) is 0 Å². The predicted molar refractivity (Wildman–Crippen MR) is 116 cm³/mol. The number of fused-ring (bicyclic) bond motifs is 1. The normalized spacial score (nSPS) is 16.8. The Balaban J connectivity index is 1.71. The molecular weight excluding hydrogens is 384 g/mol. The molecule has 2 aromatic rings. The van der Waals surface area contributed by atoms with Crippen LogP contribution in [0.25, 0.3) is 5.65 Å². The summed E-state index contributed by atoms with van der Waals surface area (Å²) in [6.45, 7) is 8.73. The highest BCUT2D eigenvalue weighted by atomic mass is 16.6. The summed E-state index contributed by atoms with van der Waals surface area (Å²) in [5.41, 5.74) is 2.37. The number of hydrogen-bond donors (Lipinski definition) is 1. The number of piperidine rings is 1. The van der Waals surface area contributed by atoms with Crippen LogP contribution in [-0.4, -0.2) is 63.6 Å². The maximum Gasteiger partial charge on any atom is 0.410 e. The van der Waals surface area contributed by atoms with E-state index in [0.717, 1.165) is 29.8 Å². The average Bonchev–Trinajstić information content (AvgIpc) is 3.16. The summed E-state index contributed by atoms with van der Waals surface area (Å²) in [4.78, 5) is 23.1. The Hall–Kier alpha value is -3.10. The number of nitrogens with zero attached hydrogens (tertiary/aromatic N) is 5. The van der Waals surface area contributed by atoms with Gasteiger partial charge in [-0.15, -0.1) is 0 Å². The summed E-state index contributed by atoms with van der Waals surface area (Å²) in [6, 6.07) is 3.86. The first-order valence-corrected chi connectivity index (χ1v) is 10.0. The Bertz CT molecular complexity index is 965. The third kappa shape index (κ3) is 4.90. The van der Waals surface area contributed by atoms with Crippen molar-refractivity contribution in [3.63, 3.8) is 0 Å². The number of aliphatic imine (C=N–C) groups is 1. The first kappa shape index (κ1) is 21.6. The fourth-order valence-electron chi connectivity index (χ4n) is 3.50. The lowest BCUT2D eigenvalue weighted by Crippen LogP contribution is -2.42. The van der Waals surface area contributed by atoms with E-state index in [9.17, 15) is 4.79 Å². The zero-order chi connectivity index (χ0) is 21.9. The number of likely N-dealkylation sites (tertiary alicyclic amines) is 1. The van der Waals surface area contributed by atoms with Gasteiger partial charge < -0.3 is 20.2 Å². The summed E-state index contributed by atoms with van der Waals surface area (Å²) in [6.07, 6.45) is 4.79. The lowest BCUT2D eigenvalue weighted by Gasteiger charge is -2.32. The van der Waals surface area contributed by atoms with Gasteiger partial charge in [0.1, 0.15) is 17.0 Å². The monoisotopic (exact) mass is 414 g/mol. The molecule has 162 valence electrons. The zero-order valence-corrected chi connectivity index (χ0v) is 18.3. The lowest BCUT2D eigenvalue weighted by molar-refractivity contribution is 0.0207. The molecule has 0 unspecified atom stereocenters. The molecule has 0 spiro atoms. The van der Waals surface area contributed by atoms with E-state index in [-0.39, 0.29) is 12.1 Å². The molecule has 2 N–H and O–H groups in total. The smallest absolute Gasteiger partial charge is 0.410 e. The maximum atomic E-state index is 12.2. The van der Waals surface area contributed by atoms with Gasteiger partial charge in [0.2, 0.25) is 0 Å². The minimum atomic E-state index is -0.494. The molecular formula is C21H30N6O3. The van der Waals surface area contributed by atoms with Gasteiger partial charge in [0.15, 0.2) is 5.88 Å². The molecule has 3 rings (SSSR count). The van der Waals surface area contributed by atoms with Crippen molar-refractivity contribution in [2.75, 3.05) is 20.2 Å². The molecule has 9 nitrogen and oxygen atoms in total. The number of carbonyl (C=O) groups is 1. The molecule has 0 saturated carbocycles. The highest BCUT2D eigenvalue weighted by Crippen LogP contribution is 2.20. The summed E-state index contributed by atoms with van der Waals surface area (Å²) in [5, 5.41) is 3.98. The van der Waals surface area contributed by atoms with Crippen LogP contribution in [0.15, 0.2) is 34.6 Å². The lowest BCUT2D eigenvalue weighted by atomic mass is 10.0. The van der Waals surface area contributed by atoms with Crippen LogP contribution in [0.5, 0.6) is 5.88 Å². The zero-order valence-electron chi connectivity index (χ0n) is 18.3. The Morgan fingerprint density at radius 1 is 1.27 bits per heavy atom. The number of hydrogen-bond acceptors (Lipinski definition) is 7. The van der Waals surface area contributed by atoms with E-state index in [4.69, 9.17) is 20.3 Å². The van der Waals surface area contributed by atoms with Gasteiger partial charge in [0, 0.05) is 37.1 Å². The molecule has 3 heterocycles. The van der Waals surface area contributed by atoms with Crippen molar-refractivity contribution >= 4 is 23.2 Å². The minimum Gasteiger partial charge on any atom is -0.482 e. The molecule has 1 saturated heterocycles. The second-order valence-electron chi connectivity index (χ2n) is 8.33. The van der Waals surface area contributed by atoms with E-state index in [1.807, 2.05) is 50.4 Å². The first-order chi connectivity index (χ1) is 14.2. The molecule has 2 aromatic heterocycles. The van der Waals surface area contributed by atoms with Crippen LogP contribution in [0.3, 0.4) is 0 Å². The number of nitrogens with two attached hydrogens (primary N) is 1. The molecule has 0 aliphatic carbocycles. The topological polar surface area (TPSA) is 107 Å². The van der Waals surface area contributed by atoms with Crippen LogP contribution < -0.4 is 10.6 Å². The van der Waals surface area contributed by atoms with Gasteiger partial charge in [0.25, 0.3) is 0 Å². The van der Waals surface area contributed by atoms with E-state index in [2.05, 4.69) is 10.1 Å². The number of hydrazone groups is 1. The van der Waals surface area contributed by atoms with E-state index in [1.165, 1.54) is 0 Å². The van der Waals surface area contributed by atoms with Crippen LogP contribution in [0.2, 0.25) is 0 Å². The van der Waals surface area contributed by atoms with Crippen molar-refractivity contribution in [3.8, 4) is 5.88 Å². The van der Waals surface area contributed by atoms with E-state index in [0.29, 0.717) is 24.7 Å². The summed E-state index contributed by atoms with van der Waals surface area (Å²) >= 11 is 0. The number of imidazole rings is 1. The molecule has 30 heavy (non-hydrogen) atoms. The van der Waals surface area contributed by atoms with Crippen molar-refractivity contribution < 1.29 is 14.3 Å². The fourth-order valence-corrected chi connectivity index (χ4v) is 3.50. The SMILES string of the molecule is COc1cc(/C(=N/N)C(C)=NC2CCN(C(=O)OC(C)(C)C)CC2)cc2nccn12. The molecule has 1 aliphatic heterocycles. The third-order valence-corrected chi connectivity index (χ3v) is 4.92. The van der Waals surface area contributed by atoms with Gasteiger partial charge in [-0.05, 0) is 46.6 Å². The Morgan fingerprint density at radius 3 is 2.57 bits per heavy atom. The number of rotatable bonds is 4. The molecule has 1 fully saturated rings. The highest BCUT2D eigenvalue weighted by Gasteiger charge is 2.27. The molecule has 1 aliphatic rings. The average molecular weight is 415 g/mol. The maximum absolute atomic E-state index is 12.2. The van der Waals surface area contributed by atoms with Gasteiger partial charge in [0.05, 0.1) is 18.9 Å². The number of methoxy groups -OCH3 is 1. The van der Waals surface area contributed by atoms with Gasteiger partial charge in [-0.1, -0.05) is 0 Å². The van der Waals surface area contributed by atoms with Crippen LogP contribution in [0.1, 0.15) is 46.1 Å². The minimum absolute atomic E-state index is 0.0949. The van der Waals surface area contributed by atoms with Crippen LogP contribution in [-0.2, 0) is 4.74 Å². The summed E-state index contributed by atoms with van der Waals surface area (Å²) in [5.74, 6) is 6.35. The Morgan fingerprint density at radius 2 is 1.97 bits per heavy atom. The molecule has 0 aromatic carbocycles. The number of aromatic nitrogens is 2. The quantitative estimate of drug-likeness (QED) is 0.470. The van der Waals surface area contributed by atoms with Crippen molar-refractivity contribution in [2.45, 2.75) is 52.2 Å². The molecule has 0 bridgehead atoms. The molecule has 1 amide bonds. The first-order valence-electron chi connectivity index (χ1n) is 10.0. The van der Waals surface area contributed by atoms with E-state index >= 15 is 0 Å². The molecule has 0 atom stereocenters. The molecule has 9 heteroatoms. The summed E-state index contributed by atoms with van der Waals surface area (Å²) < 4.78 is 12.8. The third-order valence-electron chi connectivity index (χ3n) is 4.92. The van der Waals surface area contributed by atoms with E-state index < -0.39 is 5.60 Å². The fraction of sp³-hybridized carbons (Fsp3) is 0.524. The van der Waals surface area contributed by atoms with Gasteiger partial charge in [-0.3, -0.25) is 9.39 Å². The van der Waals surface area contributed by atoms with E-state index in [1.54, 1.807) is 18.2 Å². The number of pyridine rings is 1. The highest BCUT2D eigenvalue weighted by molar-refractivity contribution is 6.47. The molecule has 0 radical (unpaired) electrons. The van der Waals surface area contributed by atoms with Gasteiger partial charge in [-0.2, -0.15) is 5.10 Å². The van der Waals surface area contributed by atoms with Gasteiger partial charge >= 0.3 is 6.09 Å². The van der Waals surface area contributed by atoms with Crippen LogP contribution >= 0.6 is 0 Å². The second-order valence-corrected chi connectivity index (χ2v) is 8.33. The largest absolute Gasteiger partial charge is 0.482 e. The standard InChI is InChI=1S/C21H30N6O3/c1-14(24-16-6-9-26(10-7-16)20(28)30-21(2,3)4)19(25-22)15-12-17-23-8-11-27(17)18(13-15)29-5/h8,11-13,16H,6-7,9-10,22H2,1-5H3/b24-14?,25-19+.